The molecular weight excluding hydrogens is 180 g/mol. The molecule has 0 aromatic rings. The third-order valence-electron chi connectivity index (χ3n) is 3.76. The Balaban J connectivity index is 1.92. The van der Waals surface area contributed by atoms with Gasteiger partial charge in [-0.05, 0) is 25.7 Å². The number of hydrogen-bond acceptors (Lipinski definition) is 3. The van der Waals surface area contributed by atoms with Crippen molar-refractivity contribution in [2.24, 2.45) is 0 Å². The summed E-state index contributed by atoms with van der Waals surface area (Å²) < 4.78 is 17.6. The van der Waals surface area contributed by atoms with Crippen LogP contribution in [0.1, 0.15) is 45.4 Å². The standard InChI is InChI=1S/C11H18O3/c1-10-12-8-4-7-11(14-10)6-3-2-5-9(11)13-10/h9H,2-8H2,1H3. The van der Waals surface area contributed by atoms with Crippen LogP contribution in [0, 0.1) is 0 Å². The van der Waals surface area contributed by atoms with E-state index < -0.39 is 5.97 Å². The summed E-state index contributed by atoms with van der Waals surface area (Å²) in [6, 6.07) is 0. The average Bonchev–Trinajstić information content (AvgIpc) is 2.34. The maximum absolute atomic E-state index is 6.06. The van der Waals surface area contributed by atoms with Crippen LogP contribution in [0.15, 0.2) is 0 Å². The van der Waals surface area contributed by atoms with Crippen LogP contribution in [-0.2, 0) is 14.2 Å². The van der Waals surface area contributed by atoms with Crippen LogP contribution < -0.4 is 0 Å². The van der Waals surface area contributed by atoms with E-state index in [1.165, 1.54) is 12.8 Å². The molecule has 80 valence electrons. The third-order valence-corrected chi connectivity index (χ3v) is 3.76. The summed E-state index contributed by atoms with van der Waals surface area (Å²) in [7, 11) is 0. The molecule has 2 aliphatic heterocycles. The van der Waals surface area contributed by atoms with Crippen molar-refractivity contribution in [1.82, 2.24) is 0 Å². The van der Waals surface area contributed by atoms with E-state index in [2.05, 4.69) is 0 Å². The van der Waals surface area contributed by atoms with Crippen LogP contribution in [-0.4, -0.2) is 24.3 Å². The molecule has 3 atom stereocenters. The van der Waals surface area contributed by atoms with Crippen LogP contribution in [0.5, 0.6) is 0 Å². The first-order chi connectivity index (χ1) is 6.73. The lowest BCUT2D eigenvalue weighted by molar-refractivity contribution is -0.329. The number of ether oxygens (including phenoxy) is 3. The van der Waals surface area contributed by atoms with Crippen LogP contribution in [0.3, 0.4) is 0 Å². The van der Waals surface area contributed by atoms with Crippen molar-refractivity contribution in [2.45, 2.75) is 63.1 Å². The highest BCUT2D eigenvalue weighted by Gasteiger charge is 2.57. The summed E-state index contributed by atoms with van der Waals surface area (Å²) >= 11 is 0. The van der Waals surface area contributed by atoms with Gasteiger partial charge in [0.15, 0.2) is 0 Å². The van der Waals surface area contributed by atoms with Crippen LogP contribution in [0.25, 0.3) is 0 Å². The van der Waals surface area contributed by atoms with Crippen molar-refractivity contribution >= 4 is 0 Å². The van der Waals surface area contributed by atoms with Gasteiger partial charge in [-0.3, -0.25) is 0 Å². The van der Waals surface area contributed by atoms with E-state index in [1.807, 2.05) is 6.92 Å². The summed E-state index contributed by atoms with van der Waals surface area (Å²) in [6.07, 6.45) is 7.32. The SMILES string of the molecule is CC12OCCCC3(CCCCC3O1)O2. The minimum absolute atomic E-state index is 0.0104. The fraction of sp³-hybridized carbons (Fsp3) is 1.00. The fourth-order valence-electron chi connectivity index (χ4n) is 3.14. The predicted molar refractivity (Wildman–Crippen MR) is 50.7 cm³/mol. The van der Waals surface area contributed by atoms with Crippen molar-refractivity contribution in [2.75, 3.05) is 6.61 Å². The zero-order chi connectivity index (χ0) is 9.65. The van der Waals surface area contributed by atoms with Gasteiger partial charge in [-0.2, -0.15) is 0 Å². The maximum atomic E-state index is 6.06. The maximum Gasteiger partial charge on any atom is 0.280 e. The summed E-state index contributed by atoms with van der Waals surface area (Å²) in [5.74, 6) is -0.745. The topological polar surface area (TPSA) is 27.7 Å². The molecule has 0 aromatic heterocycles. The first kappa shape index (κ1) is 9.13. The van der Waals surface area contributed by atoms with Gasteiger partial charge in [0.05, 0.1) is 12.7 Å². The third kappa shape index (κ3) is 1.23. The molecule has 14 heavy (non-hydrogen) atoms. The predicted octanol–water partition coefficient (Wildman–Crippen LogP) is 2.20. The smallest absolute Gasteiger partial charge is 0.280 e. The molecule has 1 saturated carbocycles. The lowest BCUT2D eigenvalue weighted by Crippen LogP contribution is -2.42. The van der Waals surface area contributed by atoms with Gasteiger partial charge in [-0.25, -0.2) is 0 Å². The van der Waals surface area contributed by atoms with E-state index in [4.69, 9.17) is 14.2 Å². The lowest BCUT2D eigenvalue weighted by atomic mass is 9.79. The quantitative estimate of drug-likeness (QED) is 0.597. The molecule has 3 heteroatoms. The Morgan fingerprint density at radius 2 is 2.00 bits per heavy atom. The lowest BCUT2D eigenvalue weighted by Gasteiger charge is -2.35. The molecule has 3 nitrogen and oxygen atoms in total. The van der Waals surface area contributed by atoms with Gasteiger partial charge in [0, 0.05) is 6.92 Å². The van der Waals surface area contributed by atoms with Crippen LogP contribution in [0.2, 0.25) is 0 Å². The van der Waals surface area contributed by atoms with Gasteiger partial charge in [0.25, 0.3) is 5.97 Å². The van der Waals surface area contributed by atoms with Gasteiger partial charge >= 0.3 is 0 Å². The second kappa shape index (κ2) is 2.94. The first-order valence-electron chi connectivity index (χ1n) is 5.74. The van der Waals surface area contributed by atoms with Gasteiger partial charge in [-0.1, -0.05) is 12.8 Å². The second-order valence-electron chi connectivity index (χ2n) is 4.83. The Hall–Kier alpha value is -0.120. The normalized spacial score (nSPS) is 52.5. The monoisotopic (exact) mass is 198 g/mol. The largest absolute Gasteiger partial charge is 0.328 e. The van der Waals surface area contributed by atoms with E-state index in [0.29, 0.717) is 0 Å². The van der Waals surface area contributed by atoms with Gasteiger partial charge in [0.2, 0.25) is 0 Å². The van der Waals surface area contributed by atoms with E-state index in [0.717, 1.165) is 32.3 Å². The summed E-state index contributed by atoms with van der Waals surface area (Å²) in [6.45, 7) is 2.68. The molecule has 0 N–H and O–H groups in total. The Labute approximate surface area is 84.7 Å². The number of rotatable bonds is 0. The van der Waals surface area contributed by atoms with Crippen molar-refractivity contribution in [3.05, 3.63) is 0 Å². The molecule has 2 saturated heterocycles. The van der Waals surface area contributed by atoms with Crippen LogP contribution in [0.4, 0.5) is 0 Å². The molecule has 0 aromatic carbocycles. The molecule has 3 rings (SSSR count). The molecule has 3 fully saturated rings. The highest BCUT2D eigenvalue weighted by Crippen LogP contribution is 2.49. The number of hydrogen-bond donors (Lipinski definition) is 0. The zero-order valence-electron chi connectivity index (χ0n) is 8.75. The van der Waals surface area contributed by atoms with E-state index in [9.17, 15) is 0 Å². The minimum Gasteiger partial charge on any atom is -0.328 e. The second-order valence-corrected chi connectivity index (χ2v) is 4.83. The van der Waals surface area contributed by atoms with Gasteiger partial charge < -0.3 is 14.2 Å². The molecule has 3 unspecified atom stereocenters. The van der Waals surface area contributed by atoms with E-state index in [-0.39, 0.29) is 11.7 Å². The van der Waals surface area contributed by atoms with E-state index >= 15 is 0 Å². The van der Waals surface area contributed by atoms with Gasteiger partial charge in [-0.15, -0.1) is 0 Å². The molecular formula is C11H18O3. The number of fused-ring (bicyclic) bond motifs is 1. The van der Waals surface area contributed by atoms with E-state index in [1.54, 1.807) is 0 Å². The molecule has 2 heterocycles. The average molecular weight is 198 g/mol. The molecule has 0 amide bonds. The highest BCUT2D eigenvalue weighted by atomic mass is 16.9. The van der Waals surface area contributed by atoms with Gasteiger partial charge in [0.1, 0.15) is 5.60 Å². The van der Waals surface area contributed by atoms with Crippen molar-refractivity contribution < 1.29 is 14.2 Å². The first-order valence-corrected chi connectivity index (χ1v) is 5.74. The Bertz CT molecular complexity index is 243. The molecule has 1 aliphatic carbocycles. The van der Waals surface area contributed by atoms with Crippen molar-refractivity contribution in [3.63, 3.8) is 0 Å². The summed E-state index contributed by atoms with van der Waals surface area (Å²) in [5.41, 5.74) is -0.0104. The Morgan fingerprint density at radius 1 is 1.14 bits per heavy atom. The summed E-state index contributed by atoms with van der Waals surface area (Å²) in [4.78, 5) is 0. The molecule has 1 spiro atoms. The molecule has 2 bridgehead atoms. The Kier molecular flexibility index (Phi) is 1.92. The Morgan fingerprint density at radius 3 is 2.93 bits per heavy atom. The van der Waals surface area contributed by atoms with Crippen LogP contribution >= 0.6 is 0 Å². The fourth-order valence-corrected chi connectivity index (χ4v) is 3.14. The molecule has 3 aliphatic rings. The molecule has 0 radical (unpaired) electrons. The zero-order valence-corrected chi connectivity index (χ0v) is 8.75. The minimum atomic E-state index is -0.745. The highest BCUT2D eigenvalue weighted by molar-refractivity contribution is 4.98. The van der Waals surface area contributed by atoms with Crippen molar-refractivity contribution in [3.8, 4) is 0 Å². The summed E-state index contributed by atoms with van der Waals surface area (Å²) in [5, 5.41) is 0. The van der Waals surface area contributed by atoms with Crippen molar-refractivity contribution in [1.29, 1.82) is 0 Å².